The van der Waals surface area contributed by atoms with E-state index in [-0.39, 0.29) is 16.7 Å². The highest BCUT2D eigenvalue weighted by Gasteiger charge is 2.22. The Kier molecular flexibility index (Phi) is 6.22. The molecular weight excluding hydrogens is 298 g/mol. The second kappa shape index (κ2) is 7.26. The fourth-order valence-electron chi connectivity index (χ4n) is 1.52. The normalized spacial score (nSPS) is 15.0. The summed E-state index contributed by atoms with van der Waals surface area (Å²) < 4.78 is 43.9. The molecule has 1 N–H and O–H groups in total. The predicted octanol–water partition coefficient (Wildman–Crippen LogP) is 3.15. The number of halogens is 2. The number of nitrogens with one attached hydrogen (secondary N) is 1. The zero-order chi connectivity index (χ0) is 16.2. The number of hydrogen-bond acceptors (Lipinski definition) is 3. The van der Waals surface area contributed by atoms with Gasteiger partial charge in [0.25, 0.3) is 6.43 Å². The van der Waals surface area contributed by atoms with Crippen molar-refractivity contribution in [3.63, 3.8) is 0 Å². The van der Waals surface area contributed by atoms with Gasteiger partial charge in [0.1, 0.15) is 0 Å². The van der Waals surface area contributed by atoms with Crippen molar-refractivity contribution >= 4 is 11.0 Å². The molecule has 0 aliphatic rings. The fraction of sp³-hybridized carbons (Fsp3) is 0.643. The van der Waals surface area contributed by atoms with Gasteiger partial charge in [-0.15, -0.1) is 0 Å². The van der Waals surface area contributed by atoms with Crippen molar-refractivity contribution in [2.24, 2.45) is 0 Å². The minimum Gasteiger partial charge on any atom is -0.471 e. The molecule has 0 radical (unpaired) electrons. The number of nitrogens with zero attached hydrogens (tertiary/aromatic N) is 1. The molecule has 1 heterocycles. The summed E-state index contributed by atoms with van der Waals surface area (Å²) in [5.74, 6) is 0.197. The zero-order valence-electron chi connectivity index (χ0n) is 12.9. The molecular formula is C14H22F2N2O2S. The van der Waals surface area contributed by atoms with Crippen molar-refractivity contribution in [2.45, 2.75) is 51.8 Å². The molecule has 0 aliphatic carbocycles. The monoisotopic (exact) mass is 320 g/mol. The summed E-state index contributed by atoms with van der Waals surface area (Å²) in [5.41, 5.74) is 1.50. The lowest BCUT2D eigenvalue weighted by Crippen LogP contribution is -2.34. The standard InChI is InChI=1S/C14H22F2N2O2S/c1-9-6-11(7-17-13(9)20-8-12(15)16)10(2)18-21(19)14(3,4)5/h6-7,10,12,18H,8H2,1-5H3/t10-,21?/m1/s1. The first-order valence-electron chi connectivity index (χ1n) is 6.66. The highest BCUT2D eigenvalue weighted by molar-refractivity contribution is 7.84. The van der Waals surface area contributed by atoms with E-state index in [1.54, 1.807) is 19.2 Å². The minimum absolute atomic E-state index is 0.166. The van der Waals surface area contributed by atoms with Crippen molar-refractivity contribution in [2.75, 3.05) is 6.61 Å². The summed E-state index contributed by atoms with van der Waals surface area (Å²) in [6.07, 6.45) is -0.980. The number of alkyl halides is 2. The molecule has 0 fully saturated rings. The number of rotatable bonds is 6. The molecule has 120 valence electrons. The molecule has 0 aromatic carbocycles. The Hall–Kier alpha value is -1.08. The number of aromatic nitrogens is 1. The molecule has 0 aliphatic heterocycles. The summed E-state index contributed by atoms with van der Waals surface area (Å²) >= 11 is 0. The van der Waals surface area contributed by atoms with Gasteiger partial charge in [-0.25, -0.2) is 22.7 Å². The molecule has 21 heavy (non-hydrogen) atoms. The van der Waals surface area contributed by atoms with Gasteiger partial charge in [0.15, 0.2) is 6.61 Å². The van der Waals surface area contributed by atoms with Crippen LogP contribution in [0.4, 0.5) is 8.78 Å². The van der Waals surface area contributed by atoms with Gasteiger partial charge >= 0.3 is 0 Å². The van der Waals surface area contributed by atoms with Gasteiger partial charge in [-0.1, -0.05) is 0 Å². The van der Waals surface area contributed by atoms with Gasteiger partial charge in [0.2, 0.25) is 5.88 Å². The summed E-state index contributed by atoms with van der Waals surface area (Å²) in [5, 5.41) is 0. The third-order valence-corrected chi connectivity index (χ3v) is 4.42. The van der Waals surface area contributed by atoms with Gasteiger partial charge in [-0.3, -0.25) is 0 Å². The first-order chi connectivity index (χ1) is 9.61. The lowest BCUT2D eigenvalue weighted by molar-refractivity contribution is 0.0792. The van der Waals surface area contributed by atoms with Crippen molar-refractivity contribution in [1.29, 1.82) is 0 Å². The van der Waals surface area contributed by atoms with Crippen LogP contribution in [0, 0.1) is 6.92 Å². The van der Waals surface area contributed by atoms with Gasteiger partial charge in [-0.2, -0.15) is 0 Å². The van der Waals surface area contributed by atoms with E-state index < -0.39 is 24.0 Å². The molecule has 0 saturated heterocycles. The Bertz CT molecular complexity index is 504. The maximum Gasteiger partial charge on any atom is 0.272 e. The Labute approximate surface area is 126 Å². The Morgan fingerprint density at radius 2 is 2.05 bits per heavy atom. The number of pyridine rings is 1. The Balaban J connectivity index is 2.76. The predicted molar refractivity (Wildman–Crippen MR) is 79.9 cm³/mol. The molecule has 1 aromatic rings. The number of hydrogen-bond donors (Lipinski definition) is 1. The average Bonchev–Trinajstić information content (AvgIpc) is 2.35. The van der Waals surface area contributed by atoms with Crippen molar-refractivity contribution in [3.05, 3.63) is 23.4 Å². The molecule has 4 nitrogen and oxygen atoms in total. The van der Waals surface area contributed by atoms with E-state index in [0.29, 0.717) is 5.56 Å². The fourth-order valence-corrected chi connectivity index (χ4v) is 2.33. The van der Waals surface area contributed by atoms with Crippen LogP contribution in [0.3, 0.4) is 0 Å². The molecule has 0 spiro atoms. The number of aryl methyl sites for hydroxylation is 1. The molecule has 1 rings (SSSR count). The van der Waals surface area contributed by atoms with Crippen LogP contribution in [0.15, 0.2) is 12.3 Å². The summed E-state index contributed by atoms with van der Waals surface area (Å²) in [6.45, 7) is 8.59. The summed E-state index contributed by atoms with van der Waals surface area (Å²) in [7, 11) is -1.20. The average molecular weight is 320 g/mol. The molecule has 7 heteroatoms. The summed E-state index contributed by atoms with van der Waals surface area (Å²) in [6, 6.07) is 1.63. The summed E-state index contributed by atoms with van der Waals surface area (Å²) in [4.78, 5) is 4.05. The van der Waals surface area contributed by atoms with Crippen LogP contribution in [0.25, 0.3) is 0 Å². The second-order valence-electron chi connectivity index (χ2n) is 5.81. The minimum atomic E-state index is -2.53. The third-order valence-electron chi connectivity index (χ3n) is 2.74. The van der Waals surface area contributed by atoms with Crippen LogP contribution in [-0.4, -0.2) is 27.0 Å². The van der Waals surface area contributed by atoms with E-state index in [1.165, 1.54) is 0 Å². The lowest BCUT2D eigenvalue weighted by Gasteiger charge is -2.22. The molecule has 0 saturated carbocycles. The SMILES string of the molecule is Cc1cc([C@@H](C)NS(=O)C(C)(C)C)cnc1OCC(F)F. The Morgan fingerprint density at radius 3 is 2.52 bits per heavy atom. The zero-order valence-corrected chi connectivity index (χ0v) is 13.8. The smallest absolute Gasteiger partial charge is 0.272 e. The van der Waals surface area contributed by atoms with E-state index in [4.69, 9.17) is 4.74 Å². The molecule has 0 bridgehead atoms. The van der Waals surface area contributed by atoms with Crippen molar-refractivity contribution in [1.82, 2.24) is 9.71 Å². The highest BCUT2D eigenvalue weighted by Crippen LogP contribution is 2.21. The lowest BCUT2D eigenvalue weighted by atomic mass is 10.1. The van der Waals surface area contributed by atoms with E-state index in [9.17, 15) is 13.0 Å². The van der Waals surface area contributed by atoms with Gasteiger partial charge in [0.05, 0.1) is 15.7 Å². The maximum absolute atomic E-state index is 12.1. The van der Waals surface area contributed by atoms with E-state index in [2.05, 4.69) is 9.71 Å². The third kappa shape index (κ3) is 5.67. The van der Waals surface area contributed by atoms with Gasteiger partial charge in [-0.05, 0) is 46.2 Å². The molecule has 0 amide bonds. The van der Waals surface area contributed by atoms with Crippen LogP contribution >= 0.6 is 0 Å². The van der Waals surface area contributed by atoms with Crippen LogP contribution in [0.1, 0.15) is 44.9 Å². The van der Waals surface area contributed by atoms with Crippen LogP contribution in [0.2, 0.25) is 0 Å². The Morgan fingerprint density at radius 1 is 1.43 bits per heavy atom. The van der Waals surface area contributed by atoms with Crippen LogP contribution < -0.4 is 9.46 Å². The molecule has 1 aromatic heterocycles. The maximum atomic E-state index is 12.1. The van der Waals surface area contributed by atoms with Crippen LogP contribution in [-0.2, 0) is 11.0 Å². The van der Waals surface area contributed by atoms with Crippen molar-refractivity contribution < 1.29 is 17.7 Å². The number of ether oxygens (including phenoxy) is 1. The van der Waals surface area contributed by atoms with Gasteiger partial charge in [0, 0.05) is 17.8 Å². The van der Waals surface area contributed by atoms with Crippen molar-refractivity contribution in [3.8, 4) is 5.88 Å². The first-order valence-corrected chi connectivity index (χ1v) is 7.81. The quantitative estimate of drug-likeness (QED) is 0.876. The van der Waals surface area contributed by atoms with Crippen LogP contribution in [0.5, 0.6) is 5.88 Å². The highest BCUT2D eigenvalue weighted by atomic mass is 32.2. The molecule has 1 unspecified atom stereocenters. The van der Waals surface area contributed by atoms with E-state index >= 15 is 0 Å². The first kappa shape index (κ1) is 18.0. The van der Waals surface area contributed by atoms with E-state index in [1.807, 2.05) is 27.7 Å². The second-order valence-corrected chi connectivity index (χ2v) is 7.81. The largest absolute Gasteiger partial charge is 0.471 e. The van der Waals surface area contributed by atoms with E-state index in [0.717, 1.165) is 5.56 Å². The topological polar surface area (TPSA) is 51.2 Å². The molecule has 2 atom stereocenters. The van der Waals surface area contributed by atoms with Gasteiger partial charge < -0.3 is 4.74 Å².